The molecule has 0 unspecified atom stereocenters. The first kappa shape index (κ1) is 19.6. The molecule has 0 radical (unpaired) electrons. The molecule has 0 aliphatic heterocycles. The van der Waals surface area contributed by atoms with E-state index in [2.05, 4.69) is 26.9 Å². The van der Waals surface area contributed by atoms with E-state index in [1.807, 2.05) is 6.07 Å². The minimum absolute atomic E-state index is 0.156. The first-order valence-corrected chi connectivity index (χ1v) is 8.73. The fourth-order valence-corrected chi connectivity index (χ4v) is 2.64. The monoisotopic (exact) mass is 389 g/mol. The van der Waals surface area contributed by atoms with E-state index in [4.69, 9.17) is 14.7 Å². The maximum absolute atomic E-state index is 12.3. The molecule has 0 aliphatic carbocycles. The van der Waals surface area contributed by atoms with Crippen molar-refractivity contribution in [3.63, 3.8) is 0 Å². The lowest BCUT2D eigenvalue weighted by Gasteiger charge is -2.10. The summed E-state index contributed by atoms with van der Waals surface area (Å²) in [4.78, 5) is 12.3. The Bertz CT molecular complexity index is 1040. The van der Waals surface area contributed by atoms with Crippen molar-refractivity contribution in [2.75, 3.05) is 24.9 Å². The standard InChI is InChI=1S/C21H19N5O3/c1-28-17-7-6-14(11-18(17)29-2)12-21(27)24-20-9-8-19(25-26-20)23-16-5-3-4-15(10-16)13-22/h3-11H,12H2,1-2H3,(H,23,25)(H,24,26,27). The van der Waals surface area contributed by atoms with E-state index < -0.39 is 0 Å². The second kappa shape index (κ2) is 9.19. The van der Waals surface area contributed by atoms with Crippen LogP contribution >= 0.6 is 0 Å². The van der Waals surface area contributed by atoms with Crippen molar-refractivity contribution in [3.8, 4) is 17.6 Å². The van der Waals surface area contributed by atoms with Crippen molar-refractivity contribution >= 4 is 23.2 Å². The average Bonchev–Trinajstić information content (AvgIpc) is 2.75. The van der Waals surface area contributed by atoms with Crippen LogP contribution in [0, 0.1) is 11.3 Å². The molecule has 1 amide bonds. The molecular formula is C21H19N5O3. The number of methoxy groups -OCH3 is 2. The van der Waals surface area contributed by atoms with Gasteiger partial charge in [0.05, 0.1) is 32.3 Å². The summed E-state index contributed by atoms with van der Waals surface area (Å²) in [5.41, 5.74) is 2.05. The molecule has 0 spiro atoms. The summed E-state index contributed by atoms with van der Waals surface area (Å²) in [6.45, 7) is 0. The van der Waals surface area contributed by atoms with Crippen LogP contribution in [0.25, 0.3) is 0 Å². The minimum Gasteiger partial charge on any atom is -0.493 e. The number of nitrogens with zero attached hydrogens (tertiary/aromatic N) is 3. The molecule has 0 saturated heterocycles. The quantitative estimate of drug-likeness (QED) is 0.638. The molecule has 0 atom stereocenters. The summed E-state index contributed by atoms with van der Waals surface area (Å²) in [5, 5.41) is 22.8. The smallest absolute Gasteiger partial charge is 0.229 e. The van der Waals surface area contributed by atoms with Gasteiger partial charge in [-0.2, -0.15) is 5.26 Å². The molecule has 0 aliphatic rings. The van der Waals surface area contributed by atoms with Gasteiger partial charge < -0.3 is 20.1 Å². The Kier molecular flexibility index (Phi) is 6.22. The molecule has 2 aromatic carbocycles. The van der Waals surface area contributed by atoms with Crippen LogP contribution in [0.3, 0.4) is 0 Å². The summed E-state index contributed by atoms with van der Waals surface area (Å²) in [6, 6.07) is 17.8. The van der Waals surface area contributed by atoms with Gasteiger partial charge in [0.1, 0.15) is 0 Å². The lowest BCUT2D eigenvalue weighted by atomic mass is 10.1. The van der Waals surface area contributed by atoms with Crippen LogP contribution in [0.1, 0.15) is 11.1 Å². The van der Waals surface area contributed by atoms with Crippen molar-refractivity contribution in [2.45, 2.75) is 6.42 Å². The van der Waals surface area contributed by atoms with Crippen molar-refractivity contribution in [1.82, 2.24) is 10.2 Å². The number of benzene rings is 2. The van der Waals surface area contributed by atoms with Crippen molar-refractivity contribution in [3.05, 3.63) is 65.7 Å². The highest BCUT2D eigenvalue weighted by Crippen LogP contribution is 2.27. The highest BCUT2D eigenvalue weighted by atomic mass is 16.5. The van der Waals surface area contributed by atoms with Gasteiger partial charge in [-0.05, 0) is 48.0 Å². The summed E-state index contributed by atoms with van der Waals surface area (Å²) >= 11 is 0. The van der Waals surface area contributed by atoms with Crippen molar-refractivity contribution in [2.24, 2.45) is 0 Å². The fourth-order valence-electron chi connectivity index (χ4n) is 2.64. The lowest BCUT2D eigenvalue weighted by Crippen LogP contribution is -2.15. The van der Waals surface area contributed by atoms with E-state index in [-0.39, 0.29) is 12.3 Å². The number of hydrogen-bond donors (Lipinski definition) is 2. The molecule has 146 valence electrons. The predicted octanol–water partition coefficient (Wildman–Crippen LogP) is 3.29. The van der Waals surface area contributed by atoms with Crippen LogP contribution in [0.15, 0.2) is 54.6 Å². The largest absolute Gasteiger partial charge is 0.493 e. The van der Waals surface area contributed by atoms with E-state index in [9.17, 15) is 4.79 Å². The number of amides is 1. The minimum atomic E-state index is -0.228. The van der Waals surface area contributed by atoms with Crippen LogP contribution in [-0.2, 0) is 11.2 Å². The van der Waals surface area contributed by atoms with Crippen molar-refractivity contribution < 1.29 is 14.3 Å². The Morgan fingerprint density at radius 1 is 1.00 bits per heavy atom. The molecule has 0 fully saturated rings. The molecule has 1 aromatic heterocycles. The Hall–Kier alpha value is -4.12. The second-order valence-corrected chi connectivity index (χ2v) is 6.04. The lowest BCUT2D eigenvalue weighted by molar-refractivity contribution is -0.115. The first-order chi connectivity index (χ1) is 14.1. The summed E-state index contributed by atoms with van der Waals surface area (Å²) in [6.07, 6.45) is 0.156. The third-order valence-corrected chi connectivity index (χ3v) is 4.01. The molecule has 3 aromatic rings. The molecular weight excluding hydrogens is 370 g/mol. The number of nitrogens with one attached hydrogen (secondary N) is 2. The second-order valence-electron chi connectivity index (χ2n) is 6.04. The number of carbonyl (C=O) groups excluding carboxylic acids is 1. The average molecular weight is 389 g/mol. The maximum atomic E-state index is 12.3. The van der Waals surface area contributed by atoms with Crippen LogP contribution in [0.4, 0.5) is 17.3 Å². The highest BCUT2D eigenvalue weighted by molar-refractivity contribution is 5.91. The van der Waals surface area contributed by atoms with E-state index in [0.29, 0.717) is 28.7 Å². The number of hydrogen-bond acceptors (Lipinski definition) is 7. The maximum Gasteiger partial charge on any atom is 0.229 e. The molecule has 0 bridgehead atoms. The number of ether oxygens (including phenoxy) is 2. The van der Waals surface area contributed by atoms with Gasteiger partial charge >= 0.3 is 0 Å². The third kappa shape index (κ3) is 5.20. The van der Waals surface area contributed by atoms with Gasteiger partial charge in [0, 0.05) is 5.69 Å². The van der Waals surface area contributed by atoms with Gasteiger partial charge in [0.2, 0.25) is 5.91 Å². The number of carbonyl (C=O) groups is 1. The van der Waals surface area contributed by atoms with Gasteiger partial charge in [-0.15, -0.1) is 10.2 Å². The molecule has 8 nitrogen and oxygen atoms in total. The molecule has 2 N–H and O–H groups in total. The zero-order valence-electron chi connectivity index (χ0n) is 16.0. The van der Waals surface area contributed by atoms with Crippen LogP contribution < -0.4 is 20.1 Å². The summed E-state index contributed by atoms with van der Waals surface area (Å²) < 4.78 is 10.4. The Balaban J connectivity index is 1.60. The van der Waals surface area contributed by atoms with E-state index in [1.165, 1.54) is 0 Å². The summed E-state index contributed by atoms with van der Waals surface area (Å²) in [7, 11) is 3.10. The Labute approximate surface area is 168 Å². The summed E-state index contributed by atoms with van der Waals surface area (Å²) in [5.74, 6) is 1.78. The zero-order chi connectivity index (χ0) is 20.6. The molecule has 0 saturated carbocycles. The zero-order valence-corrected chi connectivity index (χ0v) is 16.0. The Morgan fingerprint density at radius 3 is 2.45 bits per heavy atom. The van der Waals surface area contributed by atoms with E-state index in [0.717, 1.165) is 11.3 Å². The van der Waals surface area contributed by atoms with Crippen LogP contribution in [-0.4, -0.2) is 30.3 Å². The number of nitriles is 1. The fraction of sp³-hybridized carbons (Fsp3) is 0.143. The van der Waals surface area contributed by atoms with Gasteiger partial charge in [0.25, 0.3) is 0 Å². The molecule has 29 heavy (non-hydrogen) atoms. The number of anilines is 3. The number of rotatable bonds is 7. The molecule has 3 rings (SSSR count). The topological polar surface area (TPSA) is 109 Å². The van der Waals surface area contributed by atoms with Crippen molar-refractivity contribution in [1.29, 1.82) is 5.26 Å². The van der Waals surface area contributed by atoms with Crippen LogP contribution in [0.5, 0.6) is 11.5 Å². The normalized spacial score (nSPS) is 9.97. The molecule has 1 heterocycles. The van der Waals surface area contributed by atoms with E-state index in [1.54, 1.807) is 62.8 Å². The SMILES string of the molecule is COc1ccc(CC(=O)Nc2ccc(Nc3cccc(C#N)c3)nn2)cc1OC. The highest BCUT2D eigenvalue weighted by Gasteiger charge is 2.09. The van der Waals surface area contributed by atoms with Gasteiger partial charge in [0.15, 0.2) is 23.1 Å². The first-order valence-electron chi connectivity index (χ1n) is 8.73. The number of aromatic nitrogens is 2. The molecule has 8 heteroatoms. The van der Waals surface area contributed by atoms with Gasteiger partial charge in [-0.25, -0.2) is 0 Å². The predicted molar refractivity (Wildman–Crippen MR) is 108 cm³/mol. The van der Waals surface area contributed by atoms with Gasteiger partial charge in [-0.3, -0.25) is 4.79 Å². The Morgan fingerprint density at radius 2 is 1.76 bits per heavy atom. The van der Waals surface area contributed by atoms with Gasteiger partial charge in [-0.1, -0.05) is 12.1 Å². The third-order valence-electron chi connectivity index (χ3n) is 4.01. The van der Waals surface area contributed by atoms with E-state index >= 15 is 0 Å². The van der Waals surface area contributed by atoms with Crippen LogP contribution in [0.2, 0.25) is 0 Å².